The number of aliphatic imine (C=N–C) groups is 1. The fraction of sp³-hybridized carbons (Fsp3) is 0.526. The summed E-state index contributed by atoms with van der Waals surface area (Å²) in [4.78, 5) is 9.75. The molecule has 2 N–H and O–H groups in total. The summed E-state index contributed by atoms with van der Waals surface area (Å²) in [6, 6.07) is 6.33. The zero-order valence-electron chi connectivity index (χ0n) is 16.0. The first kappa shape index (κ1) is 18.8. The highest BCUT2D eigenvalue weighted by Crippen LogP contribution is 2.24. The Balaban J connectivity index is 1.64. The standard InChI is InChI=1S/C19H28N4O2S/c1-14-6-5-7-16-15(12-22-17(14)16)8-9-21-18(20-4)23-10-11-26(24,25)19(2,3)13-23/h5-7,12,22H,8-11,13H2,1-4H3,(H,20,21). The Morgan fingerprint density at radius 2 is 2.15 bits per heavy atom. The van der Waals surface area contributed by atoms with Gasteiger partial charge in [-0.3, -0.25) is 4.99 Å². The second kappa shape index (κ2) is 6.95. The number of benzene rings is 1. The molecule has 1 fully saturated rings. The molecule has 0 amide bonds. The molecule has 2 heterocycles. The lowest BCUT2D eigenvalue weighted by Crippen LogP contribution is -2.57. The summed E-state index contributed by atoms with van der Waals surface area (Å²) in [5.41, 5.74) is 3.71. The van der Waals surface area contributed by atoms with Gasteiger partial charge in [0.05, 0.1) is 10.5 Å². The Morgan fingerprint density at radius 1 is 1.38 bits per heavy atom. The van der Waals surface area contributed by atoms with Crippen LogP contribution in [0.4, 0.5) is 0 Å². The number of aromatic amines is 1. The molecule has 1 aromatic heterocycles. The zero-order chi connectivity index (χ0) is 18.9. The van der Waals surface area contributed by atoms with Gasteiger partial charge in [0.1, 0.15) is 0 Å². The summed E-state index contributed by atoms with van der Waals surface area (Å²) in [7, 11) is -1.31. The van der Waals surface area contributed by atoms with E-state index in [9.17, 15) is 8.42 Å². The van der Waals surface area contributed by atoms with E-state index in [0.717, 1.165) is 18.9 Å². The highest BCUT2D eigenvalue weighted by molar-refractivity contribution is 7.92. The van der Waals surface area contributed by atoms with Gasteiger partial charge in [0.2, 0.25) is 0 Å². The molecule has 2 aromatic rings. The van der Waals surface area contributed by atoms with Crippen LogP contribution < -0.4 is 5.32 Å². The van der Waals surface area contributed by atoms with Crippen molar-refractivity contribution in [3.8, 4) is 0 Å². The van der Waals surface area contributed by atoms with Crippen molar-refractivity contribution in [2.24, 2.45) is 4.99 Å². The predicted molar refractivity (Wildman–Crippen MR) is 108 cm³/mol. The van der Waals surface area contributed by atoms with Crippen LogP contribution in [0.2, 0.25) is 0 Å². The monoisotopic (exact) mass is 376 g/mol. The topological polar surface area (TPSA) is 77.6 Å². The number of nitrogens with one attached hydrogen (secondary N) is 2. The Kier molecular flexibility index (Phi) is 5.01. The maximum absolute atomic E-state index is 12.2. The lowest BCUT2D eigenvalue weighted by molar-refractivity contribution is 0.353. The number of nitrogens with zero attached hydrogens (tertiary/aromatic N) is 2. The number of aryl methyl sites for hydroxylation is 1. The van der Waals surface area contributed by atoms with E-state index < -0.39 is 14.6 Å². The van der Waals surface area contributed by atoms with E-state index >= 15 is 0 Å². The number of hydrogen-bond donors (Lipinski definition) is 2. The second-order valence-corrected chi connectivity index (χ2v) is 10.3. The van der Waals surface area contributed by atoms with Crippen molar-refractivity contribution in [3.05, 3.63) is 35.5 Å². The Bertz CT molecular complexity index is 928. The third-order valence-corrected chi connectivity index (χ3v) is 7.77. The number of guanidine groups is 1. The summed E-state index contributed by atoms with van der Waals surface area (Å²) in [5.74, 6) is 0.937. The first-order valence-corrected chi connectivity index (χ1v) is 10.6. The molecule has 1 aliphatic rings. The fourth-order valence-corrected chi connectivity index (χ4v) is 4.90. The van der Waals surface area contributed by atoms with E-state index in [2.05, 4.69) is 46.6 Å². The van der Waals surface area contributed by atoms with Gasteiger partial charge in [-0.1, -0.05) is 18.2 Å². The molecule has 1 aliphatic heterocycles. The molecule has 26 heavy (non-hydrogen) atoms. The van der Waals surface area contributed by atoms with E-state index in [1.54, 1.807) is 20.9 Å². The predicted octanol–water partition coefficient (Wildman–Crippen LogP) is 2.10. The summed E-state index contributed by atoms with van der Waals surface area (Å²) < 4.78 is 23.6. The van der Waals surface area contributed by atoms with E-state index in [0.29, 0.717) is 13.1 Å². The van der Waals surface area contributed by atoms with Crippen molar-refractivity contribution in [3.63, 3.8) is 0 Å². The minimum absolute atomic E-state index is 0.169. The van der Waals surface area contributed by atoms with E-state index in [-0.39, 0.29) is 5.75 Å². The molecule has 0 spiro atoms. The van der Waals surface area contributed by atoms with E-state index in [1.807, 2.05) is 4.90 Å². The molecule has 142 valence electrons. The molecule has 1 aromatic carbocycles. The van der Waals surface area contributed by atoms with Gasteiger partial charge in [-0.15, -0.1) is 0 Å². The van der Waals surface area contributed by atoms with Crippen molar-refractivity contribution >= 4 is 26.7 Å². The van der Waals surface area contributed by atoms with Crippen LogP contribution in [0, 0.1) is 6.92 Å². The smallest absolute Gasteiger partial charge is 0.193 e. The number of H-pyrrole nitrogens is 1. The molecular weight excluding hydrogens is 348 g/mol. The van der Waals surface area contributed by atoms with Gasteiger partial charge in [-0.25, -0.2) is 8.42 Å². The molecule has 0 radical (unpaired) electrons. The minimum atomic E-state index is -3.05. The van der Waals surface area contributed by atoms with Crippen LogP contribution in [0.25, 0.3) is 10.9 Å². The number of para-hydroxylation sites is 1. The summed E-state index contributed by atoms with van der Waals surface area (Å²) >= 11 is 0. The van der Waals surface area contributed by atoms with Crippen LogP contribution in [-0.2, 0) is 16.3 Å². The maximum Gasteiger partial charge on any atom is 0.193 e. The summed E-state index contributed by atoms with van der Waals surface area (Å²) in [6.45, 7) is 7.37. The molecule has 0 bridgehead atoms. The van der Waals surface area contributed by atoms with Gasteiger partial charge >= 0.3 is 0 Å². The number of rotatable bonds is 3. The highest BCUT2D eigenvalue weighted by atomic mass is 32.2. The van der Waals surface area contributed by atoms with Gasteiger partial charge in [-0.05, 0) is 38.3 Å². The van der Waals surface area contributed by atoms with E-state index in [4.69, 9.17) is 0 Å². The molecule has 1 saturated heterocycles. The van der Waals surface area contributed by atoms with Crippen LogP contribution in [0.5, 0.6) is 0 Å². The van der Waals surface area contributed by atoms with Crippen LogP contribution in [0.1, 0.15) is 25.0 Å². The highest BCUT2D eigenvalue weighted by Gasteiger charge is 2.40. The molecule has 0 unspecified atom stereocenters. The zero-order valence-corrected chi connectivity index (χ0v) is 16.8. The lowest BCUT2D eigenvalue weighted by Gasteiger charge is -2.39. The van der Waals surface area contributed by atoms with Gasteiger partial charge in [0.15, 0.2) is 15.8 Å². The van der Waals surface area contributed by atoms with Gasteiger partial charge < -0.3 is 15.2 Å². The average molecular weight is 377 g/mol. The van der Waals surface area contributed by atoms with Crippen molar-refractivity contribution in [2.75, 3.05) is 32.4 Å². The molecule has 6 nitrogen and oxygen atoms in total. The van der Waals surface area contributed by atoms with Crippen LogP contribution in [-0.4, -0.2) is 61.4 Å². The van der Waals surface area contributed by atoms with Crippen LogP contribution >= 0.6 is 0 Å². The van der Waals surface area contributed by atoms with Gasteiger partial charge in [0.25, 0.3) is 0 Å². The number of aromatic nitrogens is 1. The Labute approximate surface area is 155 Å². The molecule has 0 atom stereocenters. The quantitative estimate of drug-likeness (QED) is 0.635. The van der Waals surface area contributed by atoms with Crippen molar-refractivity contribution in [2.45, 2.75) is 31.9 Å². The number of hydrogen-bond acceptors (Lipinski definition) is 3. The van der Waals surface area contributed by atoms with E-state index in [1.165, 1.54) is 22.0 Å². The average Bonchev–Trinajstić information content (AvgIpc) is 2.99. The normalized spacial score (nSPS) is 19.7. The third-order valence-electron chi connectivity index (χ3n) is 5.24. The van der Waals surface area contributed by atoms with Crippen molar-refractivity contribution in [1.29, 1.82) is 0 Å². The first-order valence-electron chi connectivity index (χ1n) is 8.99. The fourth-order valence-electron chi connectivity index (χ4n) is 3.54. The minimum Gasteiger partial charge on any atom is -0.361 e. The molecule has 3 rings (SSSR count). The SMILES string of the molecule is CN=C(NCCc1c[nH]c2c(C)cccc12)N1CCS(=O)(=O)C(C)(C)C1. The van der Waals surface area contributed by atoms with Crippen LogP contribution in [0.3, 0.4) is 0 Å². The van der Waals surface area contributed by atoms with Gasteiger partial charge in [0, 0.05) is 43.8 Å². The Morgan fingerprint density at radius 3 is 2.85 bits per heavy atom. The summed E-state index contributed by atoms with van der Waals surface area (Å²) in [5, 5.41) is 4.65. The third kappa shape index (κ3) is 3.45. The summed E-state index contributed by atoms with van der Waals surface area (Å²) in [6.07, 6.45) is 2.94. The Hall–Kier alpha value is -2.02. The molecule has 0 saturated carbocycles. The first-order chi connectivity index (χ1) is 12.2. The largest absolute Gasteiger partial charge is 0.361 e. The van der Waals surface area contributed by atoms with Crippen molar-refractivity contribution < 1.29 is 8.42 Å². The van der Waals surface area contributed by atoms with Crippen LogP contribution in [0.15, 0.2) is 29.4 Å². The molecular formula is C19H28N4O2S. The number of sulfone groups is 1. The number of fused-ring (bicyclic) bond motifs is 1. The maximum atomic E-state index is 12.2. The van der Waals surface area contributed by atoms with Gasteiger partial charge in [-0.2, -0.15) is 0 Å². The second-order valence-electron chi connectivity index (χ2n) is 7.54. The molecule has 7 heteroatoms. The van der Waals surface area contributed by atoms with Crippen molar-refractivity contribution in [1.82, 2.24) is 15.2 Å². The lowest BCUT2D eigenvalue weighted by atomic mass is 10.1. The molecule has 0 aliphatic carbocycles.